The fourth-order valence-corrected chi connectivity index (χ4v) is 6.47. The van der Waals surface area contributed by atoms with Crippen molar-refractivity contribution in [3.8, 4) is 0 Å². The van der Waals surface area contributed by atoms with Gasteiger partial charge in [-0.3, -0.25) is 4.79 Å². The summed E-state index contributed by atoms with van der Waals surface area (Å²) in [6.45, 7) is 11.8. The van der Waals surface area contributed by atoms with Gasteiger partial charge in [0.15, 0.2) is 0 Å². The topological polar surface area (TPSA) is 60.2 Å². The van der Waals surface area contributed by atoms with Gasteiger partial charge in [0.25, 0.3) is 5.91 Å². The second kappa shape index (κ2) is 9.99. The molecule has 0 saturated heterocycles. The second-order valence-corrected chi connectivity index (χ2v) is 10.9. The van der Waals surface area contributed by atoms with Crippen LogP contribution in [-0.2, 0) is 30.9 Å². The van der Waals surface area contributed by atoms with E-state index in [1.54, 1.807) is 0 Å². The summed E-state index contributed by atoms with van der Waals surface area (Å²) in [6.07, 6.45) is 2.73. The first-order valence-corrected chi connectivity index (χ1v) is 13.9. The van der Waals surface area contributed by atoms with Gasteiger partial charge >= 0.3 is 0 Å². The first-order valence-electron chi connectivity index (χ1n) is 13.9. The Morgan fingerprint density at radius 3 is 2.61 bits per heavy atom. The van der Waals surface area contributed by atoms with E-state index in [1.165, 1.54) is 27.8 Å². The van der Waals surface area contributed by atoms with Crippen LogP contribution < -0.4 is 0 Å². The van der Waals surface area contributed by atoms with Gasteiger partial charge in [0.1, 0.15) is 5.52 Å². The molecule has 0 N–H and O–H groups in total. The van der Waals surface area contributed by atoms with Gasteiger partial charge in [-0.15, -0.1) is 5.10 Å². The molecule has 196 valence electrons. The molecule has 1 aromatic heterocycles. The highest BCUT2D eigenvalue weighted by molar-refractivity contribution is 5.97. The third-order valence-corrected chi connectivity index (χ3v) is 8.43. The fourth-order valence-electron chi connectivity index (χ4n) is 6.47. The molecule has 0 radical (unpaired) electrons. The van der Waals surface area contributed by atoms with Crippen molar-refractivity contribution in [3.05, 3.63) is 92.5 Å². The Balaban J connectivity index is 1.44. The molecule has 0 saturated carbocycles. The van der Waals surface area contributed by atoms with E-state index in [0.29, 0.717) is 19.8 Å². The fraction of sp³-hybridized carbons (Fsp3) is 0.406. The lowest BCUT2D eigenvalue weighted by molar-refractivity contribution is 0.0733. The predicted octanol–water partition coefficient (Wildman–Crippen LogP) is 6.02. The van der Waals surface area contributed by atoms with Gasteiger partial charge < -0.3 is 9.64 Å². The predicted molar refractivity (Wildman–Crippen MR) is 149 cm³/mol. The number of rotatable bonds is 1. The standard InChI is InChI=1S/C32H36N4O2/c1-5-27-25-8-7-24-11-13-35(18-26(24)17-25)32(37)30-20(2)15-23(16-21(30)3)19-38-14-6-12-36-29-10-9-28(27)22(4)31(29)33-34-36/h7-10,15-17,27H,5-6,11-14,18-19H2,1-4H3. The molecule has 1 amide bonds. The first kappa shape index (κ1) is 24.8. The molecule has 6 nitrogen and oxygen atoms in total. The molecule has 1 atom stereocenters. The Bertz CT molecular complexity index is 1510. The number of aryl methyl sites for hydroxylation is 4. The molecule has 0 spiro atoms. The highest BCUT2D eigenvalue weighted by atomic mass is 16.5. The summed E-state index contributed by atoms with van der Waals surface area (Å²) in [5.74, 6) is 0.394. The molecular formula is C32H36N4O2. The van der Waals surface area contributed by atoms with E-state index in [9.17, 15) is 4.79 Å². The molecule has 5 aliphatic rings. The number of aromatic nitrogens is 3. The number of ether oxygens (including phenoxy) is 1. The molecule has 1 unspecified atom stereocenters. The average molecular weight is 509 g/mol. The summed E-state index contributed by atoms with van der Waals surface area (Å²) in [6, 6.07) is 15.5. The van der Waals surface area contributed by atoms with Crippen molar-refractivity contribution in [1.29, 1.82) is 0 Å². The highest BCUT2D eigenvalue weighted by Crippen LogP contribution is 2.35. The van der Waals surface area contributed by atoms with E-state index in [0.717, 1.165) is 65.6 Å². The number of hydrogen-bond donors (Lipinski definition) is 0. The van der Waals surface area contributed by atoms with Crippen LogP contribution in [0.3, 0.4) is 0 Å². The Kier molecular flexibility index (Phi) is 6.52. The number of carbonyl (C=O) groups excluding carboxylic acids is 1. The van der Waals surface area contributed by atoms with Crippen molar-refractivity contribution < 1.29 is 9.53 Å². The molecular weight excluding hydrogens is 472 g/mol. The van der Waals surface area contributed by atoms with Crippen LogP contribution in [0, 0.1) is 20.8 Å². The summed E-state index contributed by atoms with van der Waals surface area (Å²) in [7, 11) is 0. The van der Waals surface area contributed by atoms with Gasteiger partial charge in [0.2, 0.25) is 0 Å². The molecule has 6 heterocycles. The number of hydrogen-bond acceptors (Lipinski definition) is 4. The smallest absolute Gasteiger partial charge is 0.254 e. The Hall–Kier alpha value is -3.51. The monoisotopic (exact) mass is 508 g/mol. The van der Waals surface area contributed by atoms with E-state index in [4.69, 9.17) is 4.74 Å². The van der Waals surface area contributed by atoms with Gasteiger partial charge in [-0.25, -0.2) is 4.68 Å². The number of amides is 1. The van der Waals surface area contributed by atoms with Crippen LogP contribution >= 0.6 is 0 Å². The van der Waals surface area contributed by atoms with E-state index in [-0.39, 0.29) is 11.8 Å². The molecule has 0 aliphatic carbocycles. The van der Waals surface area contributed by atoms with Crippen LogP contribution in [0.5, 0.6) is 0 Å². The minimum atomic E-state index is 0.130. The Morgan fingerprint density at radius 1 is 1.00 bits per heavy atom. The normalized spacial score (nSPS) is 18.1. The summed E-state index contributed by atoms with van der Waals surface area (Å²) in [5, 5.41) is 9.07. The molecule has 3 aromatic carbocycles. The minimum Gasteiger partial charge on any atom is -0.377 e. The van der Waals surface area contributed by atoms with Crippen molar-refractivity contribution in [2.24, 2.45) is 0 Å². The lowest BCUT2D eigenvalue weighted by atomic mass is 9.84. The van der Waals surface area contributed by atoms with E-state index >= 15 is 0 Å². The molecule has 6 heteroatoms. The summed E-state index contributed by atoms with van der Waals surface area (Å²) in [5.41, 5.74) is 12.4. The molecule has 9 bridgehead atoms. The molecule has 0 fully saturated rings. The maximum Gasteiger partial charge on any atom is 0.254 e. The van der Waals surface area contributed by atoms with Gasteiger partial charge in [-0.2, -0.15) is 0 Å². The van der Waals surface area contributed by atoms with Crippen molar-refractivity contribution in [2.45, 2.75) is 72.6 Å². The zero-order valence-electron chi connectivity index (χ0n) is 22.9. The zero-order chi connectivity index (χ0) is 26.4. The Morgan fingerprint density at radius 2 is 1.82 bits per heavy atom. The van der Waals surface area contributed by atoms with Gasteiger partial charge in [-0.05, 0) is 90.6 Å². The highest BCUT2D eigenvalue weighted by Gasteiger charge is 2.26. The molecule has 9 rings (SSSR count). The summed E-state index contributed by atoms with van der Waals surface area (Å²) >= 11 is 0. The maximum atomic E-state index is 13.8. The Labute approximate surface area is 224 Å². The number of benzene rings is 3. The molecule has 38 heavy (non-hydrogen) atoms. The van der Waals surface area contributed by atoms with Crippen LogP contribution in [0.4, 0.5) is 0 Å². The van der Waals surface area contributed by atoms with Crippen LogP contribution in [0.1, 0.15) is 80.5 Å². The SMILES string of the molecule is CCC1c2ccc3c(c2)CN(CC3)C(=O)c2c(C)cc(cc2C)COCCCn2nnc3c(C)c1ccc32. The maximum absolute atomic E-state index is 13.8. The van der Waals surface area contributed by atoms with E-state index in [1.807, 2.05) is 23.4 Å². The van der Waals surface area contributed by atoms with Crippen LogP contribution in [-0.4, -0.2) is 39.0 Å². The largest absolute Gasteiger partial charge is 0.377 e. The van der Waals surface area contributed by atoms with Gasteiger partial charge in [0, 0.05) is 37.7 Å². The molecule has 5 aliphatic heterocycles. The van der Waals surface area contributed by atoms with Crippen molar-refractivity contribution in [2.75, 3.05) is 13.2 Å². The third kappa shape index (κ3) is 4.31. The van der Waals surface area contributed by atoms with E-state index in [2.05, 4.69) is 66.6 Å². The van der Waals surface area contributed by atoms with Crippen LogP contribution in [0.2, 0.25) is 0 Å². The van der Waals surface area contributed by atoms with Crippen LogP contribution in [0.25, 0.3) is 11.0 Å². The molecule has 4 aromatic rings. The van der Waals surface area contributed by atoms with Crippen molar-refractivity contribution >= 4 is 16.9 Å². The summed E-state index contributed by atoms with van der Waals surface area (Å²) < 4.78 is 8.02. The summed E-state index contributed by atoms with van der Waals surface area (Å²) in [4.78, 5) is 15.8. The zero-order valence-corrected chi connectivity index (χ0v) is 22.9. The van der Waals surface area contributed by atoms with Crippen LogP contribution in [0.15, 0.2) is 42.5 Å². The van der Waals surface area contributed by atoms with Crippen molar-refractivity contribution in [3.63, 3.8) is 0 Å². The third-order valence-electron chi connectivity index (χ3n) is 8.43. The second-order valence-electron chi connectivity index (χ2n) is 10.9. The lowest BCUT2D eigenvalue weighted by Gasteiger charge is -2.31. The first-order chi connectivity index (χ1) is 18.4. The van der Waals surface area contributed by atoms with Gasteiger partial charge in [0.05, 0.1) is 12.1 Å². The lowest BCUT2D eigenvalue weighted by Crippen LogP contribution is -2.36. The van der Waals surface area contributed by atoms with E-state index < -0.39 is 0 Å². The number of nitrogens with zero attached hydrogens (tertiary/aromatic N) is 4. The quantitative estimate of drug-likeness (QED) is 0.316. The minimum absolute atomic E-state index is 0.130. The van der Waals surface area contributed by atoms with Gasteiger partial charge in [-0.1, -0.05) is 48.5 Å². The average Bonchev–Trinajstić information content (AvgIpc) is 3.32. The number of carbonyl (C=O) groups is 1. The van der Waals surface area contributed by atoms with Crippen molar-refractivity contribution in [1.82, 2.24) is 19.9 Å².